The second-order valence-corrected chi connectivity index (χ2v) is 10.8. The molecule has 3 heterocycles. The van der Waals surface area contributed by atoms with Gasteiger partial charge in [-0.2, -0.15) is 13.2 Å². The van der Waals surface area contributed by atoms with Gasteiger partial charge in [-0.25, -0.2) is 27.9 Å². The third kappa shape index (κ3) is 4.65. The molecule has 2 fully saturated rings. The lowest BCUT2D eigenvalue weighted by molar-refractivity contribution is -0.120. The maximum Gasteiger partial charge on any atom is 0.501 e. The zero-order chi connectivity index (χ0) is 28.0. The Morgan fingerprint density at radius 2 is 1.72 bits per heavy atom. The van der Waals surface area contributed by atoms with Crippen LogP contribution in [0, 0.1) is 0 Å². The minimum Gasteiger partial charge on any atom is -0.306 e. The Morgan fingerprint density at radius 1 is 1.00 bits per heavy atom. The van der Waals surface area contributed by atoms with E-state index in [9.17, 15) is 36.0 Å². The van der Waals surface area contributed by atoms with Crippen molar-refractivity contribution in [2.75, 3.05) is 15.5 Å². The van der Waals surface area contributed by atoms with Gasteiger partial charge in [-0.1, -0.05) is 6.07 Å². The second kappa shape index (κ2) is 9.34. The zero-order valence-electron chi connectivity index (χ0n) is 19.8. The molecular formula is C24H19F3N6O5S. The molecule has 0 radical (unpaired) electrons. The van der Waals surface area contributed by atoms with Crippen LogP contribution in [0.15, 0.2) is 72.0 Å². The lowest BCUT2D eigenvalue weighted by Gasteiger charge is -2.22. The lowest BCUT2D eigenvalue weighted by atomic mass is 10.1. The van der Waals surface area contributed by atoms with Crippen LogP contribution in [0.2, 0.25) is 0 Å². The predicted octanol–water partition coefficient (Wildman–Crippen LogP) is 3.92. The van der Waals surface area contributed by atoms with Gasteiger partial charge in [0.2, 0.25) is 0 Å². The van der Waals surface area contributed by atoms with Crippen LogP contribution in [0.25, 0.3) is 0 Å². The molecule has 2 aromatic heterocycles. The molecule has 0 unspecified atom stereocenters. The lowest BCUT2D eigenvalue weighted by Crippen LogP contribution is -2.36. The molecule has 1 saturated carbocycles. The van der Waals surface area contributed by atoms with Crippen molar-refractivity contribution in [3.63, 3.8) is 0 Å². The zero-order valence-corrected chi connectivity index (χ0v) is 20.7. The van der Waals surface area contributed by atoms with Crippen molar-refractivity contribution in [1.82, 2.24) is 14.9 Å². The van der Waals surface area contributed by atoms with Gasteiger partial charge in [-0.15, -0.1) is 0 Å². The summed E-state index contributed by atoms with van der Waals surface area (Å²) in [6.45, 7) is -0.0800. The van der Waals surface area contributed by atoms with Gasteiger partial charge in [0.25, 0.3) is 15.7 Å². The van der Waals surface area contributed by atoms with E-state index >= 15 is 0 Å². The van der Waals surface area contributed by atoms with Crippen LogP contribution in [-0.4, -0.2) is 52.3 Å². The number of nitrogens with zero attached hydrogens (tertiary/aromatic N) is 4. The fourth-order valence-electron chi connectivity index (χ4n) is 4.22. The number of imide groups is 1. The molecule has 11 nitrogen and oxygen atoms in total. The molecule has 1 saturated heterocycles. The second-order valence-electron chi connectivity index (χ2n) is 8.81. The van der Waals surface area contributed by atoms with Gasteiger partial charge in [0.1, 0.15) is 11.4 Å². The van der Waals surface area contributed by atoms with Crippen LogP contribution < -0.4 is 15.5 Å². The molecule has 5 amide bonds. The van der Waals surface area contributed by atoms with Crippen LogP contribution in [0.5, 0.6) is 0 Å². The van der Waals surface area contributed by atoms with Gasteiger partial charge in [0.15, 0.2) is 0 Å². The fourth-order valence-corrected chi connectivity index (χ4v) is 4.98. The summed E-state index contributed by atoms with van der Waals surface area (Å²) in [7, 11) is -5.59. The minimum atomic E-state index is -5.59. The summed E-state index contributed by atoms with van der Waals surface area (Å²) in [5.41, 5.74) is -5.95. The van der Waals surface area contributed by atoms with E-state index in [-0.39, 0.29) is 17.9 Å². The van der Waals surface area contributed by atoms with E-state index in [1.807, 2.05) is 0 Å². The number of nitrogens with one attached hydrogen (secondary N) is 2. The maximum absolute atomic E-state index is 13.4. The normalized spacial score (nSPS) is 16.5. The number of halogens is 3. The highest BCUT2D eigenvalue weighted by molar-refractivity contribution is 7.92. The number of alkyl halides is 3. The fraction of sp³-hybridized carbons (Fsp3) is 0.208. The van der Waals surface area contributed by atoms with Crippen LogP contribution >= 0.6 is 0 Å². The Bertz CT molecular complexity index is 1560. The summed E-state index contributed by atoms with van der Waals surface area (Å²) >= 11 is 0. The van der Waals surface area contributed by atoms with Crippen molar-refractivity contribution < 1.29 is 36.0 Å². The third-order valence-electron chi connectivity index (χ3n) is 6.37. The number of benzene rings is 1. The number of anilines is 3. The molecule has 1 aliphatic heterocycles. The first-order valence-electron chi connectivity index (χ1n) is 11.4. The number of hydrogen-bond donors (Lipinski definition) is 2. The summed E-state index contributed by atoms with van der Waals surface area (Å²) in [6, 6.07) is 8.57. The maximum atomic E-state index is 13.4. The quantitative estimate of drug-likeness (QED) is 0.436. The smallest absolute Gasteiger partial charge is 0.306 e. The molecule has 3 aromatic rings. The molecule has 2 aliphatic rings. The standard InChI is InChI=1S/C24H19F3N6O5S/c25-24(26,27)39(37,38)17-6-4-16(5-7-17)33-20(34)23(9-10-23)32(22(33)36)14-15-8-12-28-13-18(15)30-21(35)31-19-3-1-2-11-29-19/h1-8,11-13H,9-10,14H2,(H2,29,30,31,35). The summed E-state index contributed by atoms with van der Waals surface area (Å²) in [5, 5.41) is 5.21. The van der Waals surface area contributed by atoms with Gasteiger partial charge < -0.3 is 10.2 Å². The van der Waals surface area contributed by atoms with Crippen LogP contribution in [0.3, 0.4) is 0 Å². The van der Waals surface area contributed by atoms with Crippen LogP contribution in [0.4, 0.5) is 40.0 Å². The number of sulfone groups is 1. The third-order valence-corrected chi connectivity index (χ3v) is 7.87. The molecule has 1 spiro atoms. The van der Waals surface area contributed by atoms with Gasteiger partial charge in [-0.3, -0.25) is 15.1 Å². The number of aromatic nitrogens is 2. The van der Waals surface area contributed by atoms with Crippen molar-refractivity contribution in [3.8, 4) is 0 Å². The first-order chi connectivity index (χ1) is 18.4. The molecule has 1 aliphatic carbocycles. The minimum absolute atomic E-state index is 0.0669. The summed E-state index contributed by atoms with van der Waals surface area (Å²) < 4.78 is 62.0. The number of hydrogen-bond acceptors (Lipinski definition) is 7. The van der Waals surface area contributed by atoms with Crippen molar-refractivity contribution in [2.45, 2.75) is 35.3 Å². The highest BCUT2D eigenvalue weighted by Crippen LogP contribution is 2.50. The first kappa shape index (κ1) is 26.1. The van der Waals surface area contributed by atoms with E-state index in [0.717, 1.165) is 17.0 Å². The van der Waals surface area contributed by atoms with Crippen LogP contribution in [-0.2, 0) is 21.2 Å². The number of amides is 5. The highest BCUT2D eigenvalue weighted by atomic mass is 32.2. The Hall–Kier alpha value is -4.53. The molecule has 0 bridgehead atoms. The van der Waals surface area contributed by atoms with Crippen LogP contribution in [0.1, 0.15) is 18.4 Å². The Balaban J connectivity index is 1.37. The summed E-state index contributed by atoms with van der Waals surface area (Å²) in [5.74, 6) is -0.266. The molecule has 15 heteroatoms. The molecule has 0 atom stereocenters. The number of pyridine rings is 2. The Labute approximate surface area is 219 Å². The Kier molecular flexibility index (Phi) is 6.25. The summed E-state index contributed by atoms with van der Waals surface area (Å²) in [4.78, 5) is 48.3. The average molecular weight is 561 g/mol. The van der Waals surface area contributed by atoms with E-state index in [1.54, 1.807) is 24.3 Å². The van der Waals surface area contributed by atoms with E-state index < -0.39 is 43.7 Å². The van der Waals surface area contributed by atoms with Crippen molar-refractivity contribution in [2.24, 2.45) is 0 Å². The van der Waals surface area contributed by atoms with Gasteiger partial charge in [0.05, 0.1) is 29.0 Å². The van der Waals surface area contributed by atoms with E-state index in [1.165, 1.54) is 23.5 Å². The number of rotatable bonds is 6. The van der Waals surface area contributed by atoms with Crippen molar-refractivity contribution in [1.29, 1.82) is 0 Å². The van der Waals surface area contributed by atoms with Gasteiger partial charge >= 0.3 is 17.6 Å². The average Bonchev–Trinajstić information content (AvgIpc) is 3.67. The molecule has 39 heavy (non-hydrogen) atoms. The molecule has 202 valence electrons. The Morgan fingerprint density at radius 3 is 2.33 bits per heavy atom. The molecule has 2 N–H and O–H groups in total. The predicted molar refractivity (Wildman–Crippen MR) is 131 cm³/mol. The largest absolute Gasteiger partial charge is 0.501 e. The highest BCUT2D eigenvalue weighted by Gasteiger charge is 2.65. The van der Waals surface area contributed by atoms with E-state index in [4.69, 9.17) is 0 Å². The van der Waals surface area contributed by atoms with E-state index in [2.05, 4.69) is 20.6 Å². The monoisotopic (exact) mass is 560 g/mol. The van der Waals surface area contributed by atoms with Crippen molar-refractivity contribution >= 4 is 45.0 Å². The summed E-state index contributed by atoms with van der Waals surface area (Å²) in [6.07, 6.45) is 5.07. The SMILES string of the molecule is O=C(Nc1ccccn1)Nc1cnccc1CN1C(=O)N(c2ccc(S(=O)(=O)C(F)(F)F)cc2)C(=O)C12CC2. The topological polar surface area (TPSA) is 142 Å². The van der Waals surface area contributed by atoms with E-state index in [0.29, 0.717) is 36.4 Å². The molecular weight excluding hydrogens is 541 g/mol. The van der Waals surface area contributed by atoms with Crippen molar-refractivity contribution in [3.05, 3.63) is 72.7 Å². The number of carbonyl (C=O) groups excluding carboxylic acids is 3. The number of urea groups is 2. The molecule has 1 aromatic carbocycles. The first-order valence-corrected chi connectivity index (χ1v) is 12.9. The van der Waals surface area contributed by atoms with Gasteiger partial charge in [-0.05, 0) is 60.9 Å². The van der Waals surface area contributed by atoms with Gasteiger partial charge in [0, 0.05) is 12.4 Å². The molecule has 5 rings (SSSR count). The number of carbonyl (C=O) groups is 3.